The number of Topliss-reactive ketones (excluding diaryl/α,β-unsaturated/α-hetero) is 1. The summed E-state index contributed by atoms with van der Waals surface area (Å²) in [7, 11) is 0. The van der Waals surface area contributed by atoms with E-state index >= 15 is 0 Å². The Labute approximate surface area is 73.8 Å². The van der Waals surface area contributed by atoms with Gasteiger partial charge in [-0.2, -0.15) is 0 Å². The molecule has 0 radical (unpaired) electrons. The van der Waals surface area contributed by atoms with Crippen LogP contribution in [0.1, 0.15) is 13.3 Å². The Morgan fingerprint density at radius 1 is 1.45 bits per heavy atom. The number of ketones is 1. The van der Waals surface area contributed by atoms with E-state index in [1.54, 1.807) is 0 Å². The topological polar surface area (TPSA) is 60.2 Å². The van der Waals surface area contributed by atoms with Gasteiger partial charge in [-0.15, -0.1) is 23.2 Å². The lowest BCUT2D eigenvalue weighted by Gasteiger charge is -2.06. The first-order valence-corrected chi connectivity index (χ1v) is 3.79. The lowest BCUT2D eigenvalue weighted by Crippen LogP contribution is -2.32. The predicted octanol–water partition coefficient (Wildman–Crippen LogP) is 0.625. The average molecular weight is 196 g/mol. The number of rotatable bonds is 2. The smallest absolute Gasteiger partial charge is 0.285 e. The Bertz CT molecular complexity index is 239. The molecule has 1 saturated carbocycles. The van der Waals surface area contributed by atoms with Crippen LogP contribution in [0.3, 0.4) is 0 Å². The maximum atomic E-state index is 11.0. The van der Waals surface area contributed by atoms with Crippen LogP contribution >= 0.6 is 23.2 Å². The van der Waals surface area contributed by atoms with E-state index in [4.69, 9.17) is 28.9 Å². The van der Waals surface area contributed by atoms with Crippen LogP contribution in [0, 0.1) is 5.41 Å². The molecule has 0 bridgehead atoms. The van der Waals surface area contributed by atoms with E-state index in [1.165, 1.54) is 6.92 Å². The number of alkyl halides is 2. The van der Waals surface area contributed by atoms with Gasteiger partial charge in [0, 0.05) is 0 Å². The molecule has 0 aliphatic heterocycles. The monoisotopic (exact) mass is 195 g/mol. The lowest BCUT2D eigenvalue weighted by atomic mass is 10.0. The number of hydrogen-bond acceptors (Lipinski definition) is 2. The molecule has 0 saturated heterocycles. The van der Waals surface area contributed by atoms with Crippen LogP contribution in [0.2, 0.25) is 0 Å². The quantitative estimate of drug-likeness (QED) is 0.519. The minimum Gasteiger partial charge on any atom is -0.363 e. The van der Waals surface area contributed by atoms with Gasteiger partial charge in [-0.05, 0) is 13.3 Å². The lowest BCUT2D eigenvalue weighted by molar-refractivity contribution is -0.138. The molecule has 62 valence electrons. The summed E-state index contributed by atoms with van der Waals surface area (Å²) in [5.41, 5.74) is 3.82. The summed E-state index contributed by atoms with van der Waals surface area (Å²) in [6.07, 6.45) is 0.297. The normalized spacial score (nSPS) is 33.0. The number of primary amides is 1. The van der Waals surface area contributed by atoms with Crippen LogP contribution in [-0.2, 0) is 9.59 Å². The van der Waals surface area contributed by atoms with E-state index in [0.717, 1.165) is 0 Å². The molecule has 1 fully saturated rings. The maximum Gasteiger partial charge on any atom is 0.285 e. The van der Waals surface area contributed by atoms with E-state index < -0.39 is 21.4 Å². The molecule has 11 heavy (non-hydrogen) atoms. The SMILES string of the molecule is C[C@@]1(C(=O)C(N)=O)CC1(Cl)Cl. The fraction of sp³-hybridized carbons (Fsp3) is 0.667. The minimum absolute atomic E-state index is 0.297. The van der Waals surface area contributed by atoms with Crippen molar-refractivity contribution in [3.8, 4) is 0 Å². The van der Waals surface area contributed by atoms with E-state index in [-0.39, 0.29) is 0 Å². The summed E-state index contributed by atoms with van der Waals surface area (Å²) in [6, 6.07) is 0. The third-order valence-corrected chi connectivity index (χ3v) is 3.08. The number of carbonyl (C=O) groups is 2. The summed E-state index contributed by atoms with van der Waals surface area (Å²) >= 11 is 11.2. The van der Waals surface area contributed by atoms with Crippen LogP contribution in [0.5, 0.6) is 0 Å². The molecule has 0 heterocycles. The van der Waals surface area contributed by atoms with Gasteiger partial charge in [-0.25, -0.2) is 0 Å². The van der Waals surface area contributed by atoms with E-state index in [2.05, 4.69) is 0 Å². The number of carbonyl (C=O) groups excluding carboxylic acids is 2. The van der Waals surface area contributed by atoms with E-state index in [9.17, 15) is 9.59 Å². The van der Waals surface area contributed by atoms with E-state index in [0.29, 0.717) is 6.42 Å². The molecule has 0 aromatic carbocycles. The first-order chi connectivity index (χ1) is 4.81. The molecule has 0 aromatic rings. The van der Waals surface area contributed by atoms with Crippen molar-refractivity contribution in [1.82, 2.24) is 0 Å². The van der Waals surface area contributed by atoms with Gasteiger partial charge in [-0.3, -0.25) is 9.59 Å². The van der Waals surface area contributed by atoms with Gasteiger partial charge in [0.25, 0.3) is 5.91 Å². The first kappa shape index (κ1) is 8.81. The summed E-state index contributed by atoms with van der Waals surface area (Å²) in [5, 5.41) is 0. The molecule has 1 rings (SSSR count). The highest BCUT2D eigenvalue weighted by Crippen LogP contribution is 2.64. The average Bonchev–Trinajstić information content (AvgIpc) is 2.32. The fourth-order valence-electron chi connectivity index (χ4n) is 0.918. The molecular formula is C6H7Cl2NO2. The zero-order chi connectivity index (χ0) is 8.86. The van der Waals surface area contributed by atoms with Crippen LogP contribution < -0.4 is 5.73 Å². The fourth-order valence-corrected chi connectivity index (χ4v) is 1.62. The van der Waals surface area contributed by atoms with Crippen molar-refractivity contribution in [2.45, 2.75) is 17.7 Å². The Morgan fingerprint density at radius 2 is 1.82 bits per heavy atom. The molecule has 0 spiro atoms. The van der Waals surface area contributed by atoms with Crippen molar-refractivity contribution < 1.29 is 9.59 Å². The highest BCUT2D eigenvalue weighted by atomic mass is 35.5. The van der Waals surface area contributed by atoms with Crippen LogP contribution in [-0.4, -0.2) is 16.0 Å². The highest BCUT2D eigenvalue weighted by Gasteiger charge is 2.68. The molecule has 1 amide bonds. The van der Waals surface area contributed by atoms with Gasteiger partial charge in [0.2, 0.25) is 5.78 Å². The van der Waals surface area contributed by atoms with E-state index in [1.807, 2.05) is 0 Å². The molecule has 2 N–H and O–H groups in total. The van der Waals surface area contributed by atoms with Crippen molar-refractivity contribution in [2.24, 2.45) is 11.1 Å². The standard InChI is InChI=1S/C6H7Cl2NO2/c1-5(2-6(5,7)8)3(10)4(9)11/h2H2,1H3,(H2,9,11)/t5-/m0/s1. The number of amides is 1. The van der Waals surface area contributed by atoms with Crippen LogP contribution in [0.25, 0.3) is 0 Å². The summed E-state index contributed by atoms with van der Waals surface area (Å²) in [5.74, 6) is -1.67. The van der Waals surface area contributed by atoms with Crippen molar-refractivity contribution in [3.05, 3.63) is 0 Å². The zero-order valence-corrected chi connectivity index (χ0v) is 7.37. The van der Waals surface area contributed by atoms with Crippen LogP contribution in [0.4, 0.5) is 0 Å². The summed E-state index contributed by atoms with van der Waals surface area (Å²) in [4.78, 5) is 21.4. The summed E-state index contributed by atoms with van der Waals surface area (Å²) < 4.78 is -1.10. The number of halogens is 2. The first-order valence-electron chi connectivity index (χ1n) is 3.03. The second-order valence-corrected chi connectivity index (χ2v) is 4.39. The number of nitrogens with two attached hydrogens (primary N) is 1. The van der Waals surface area contributed by atoms with Gasteiger partial charge in [0.05, 0.1) is 5.41 Å². The van der Waals surface area contributed by atoms with Crippen molar-refractivity contribution in [1.29, 1.82) is 0 Å². The molecule has 1 aliphatic carbocycles. The predicted molar refractivity (Wildman–Crippen MR) is 41.4 cm³/mol. The van der Waals surface area contributed by atoms with Gasteiger partial charge in [0.15, 0.2) is 0 Å². The Morgan fingerprint density at radius 3 is 1.91 bits per heavy atom. The molecule has 0 unspecified atom stereocenters. The summed E-state index contributed by atoms with van der Waals surface area (Å²) in [6.45, 7) is 1.53. The second-order valence-electron chi connectivity index (χ2n) is 2.91. The third-order valence-electron chi connectivity index (χ3n) is 1.98. The van der Waals surface area contributed by atoms with Gasteiger partial charge in [0.1, 0.15) is 4.33 Å². The largest absolute Gasteiger partial charge is 0.363 e. The van der Waals surface area contributed by atoms with Crippen LogP contribution in [0.15, 0.2) is 0 Å². The minimum atomic E-state index is -1.10. The second kappa shape index (κ2) is 2.11. The van der Waals surface area contributed by atoms with Crippen molar-refractivity contribution in [3.63, 3.8) is 0 Å². The zero-order valence-electron chi connectivity index (χ0n) is 5.86. The van der Waals surface area contributed by atoms with Gasteiger partial charge >= 0.3 is 0 Å². The number of hydrogen-bond donors (Lipinski definition) is 1. The molecule has 0 aromatic heterocycles. The van der Waals surface area contributed by atoms with Crippen molar-refractivity contribution in [2.75, 3.05) is 0 Å². The molecule has 5 heteroatoms. The van der Waals surface area contributed by atoms with Gasteiger partial charge < -0.3 is 5.73 Å². The molecule has 1 atom stereocenters. The molecular weight excluding hydrogens is 189 g/mol. The Kier molecular flexibility index (Phi) is 1.69. The highest BCUT2D eigenvalue weighted by molar-refractivity contribution is 6.56. The molecule has 1 aliphatic rings. The Hall–Kier alpha value is -0.280. The van der Waals surface area contributed by atoms with Gasteiger partial charge in [-0.1, -0.05) is 0 Å². The maximum absolute atomic E-state index is 11.0. The Balaban J connectivity index is 2.80. The third kappa shape index (κ3) is 1.12. The van der Waals surface area contributed by atoms with Crippen molar-refractivity contribution >= 4 is 34.9 Å². The molecule has 3 nitrogen and oxygen atoms in total.